The second-order valence-corrected chi connectivity index (χ2v) is 6.89. The zero-order valence-corrected chi connectivity index (χ0v) is 13.0. The molecule has 1 heterocycles. The molecular formula is C11H16Cl2N2O3S. The molecule has 0 amide bonds. The van der Waals surface area contributed by atoms with E-state index in [4.69, 9.17) is 28.3 Å². The lowest BCUT2D eigenvalue weighted by atomic mass is 10.3. The first kappa shape index (κ1) is 16.7. The minimum absolute atomic E-state index is 0.00598. The Bertz CT molecular complexity index is 535. The Morgan fingerprint density at radius 1 is 1.42 bits per heavy atom. The van der Waals surface area contributed by atoms with Gasteiger partial charge in [0, 0.05) is 25.4 Å². The molecule has 1 rings (SSSR count). The minimum atomic E-state index is -3.70. The minimum Gasteiger partial charge on any atom is -0.396 e. The number of rotatable bonds is 6. The smallest absolute Gasteiger partial charge is 0.244 e. The van der Waals surface area contributed by atoms with Gasteiger partial charge in [-0.25, -0.2) is 13.4 Å². The third-order valence-corrected chi connectivity index (χ3v) is 5.22. The molecular weight excluding hydrogens is 311 g/mol. The van der Waals surface area contributed by atoms with Crippen LogP contribution in [0.25, 0.3) is 0 Å². The summed E-state index contributed by atoms with van der Waals surface area (Å²) in [5.74, 6) is 0. The summed E-state index contributed by atoms with van der Waals surface area (Å²) in [7, 11) is -3.70. The first-order valence-electron chi connectivity index (χ1n) is 5.74. The van der Waals surface area contributed by atoms with Gasteiger partial charge in [0.15, 0.2) is 0 Å². The van der Waals surface area contributed by atoms with Crippen LogP contribution in [-0.4, -0.2) is 42.0 Å². The van der Waals surface area contributed by atoms with Crippen LogP contribution in [0.1, 0.15) is 20.3 Å². The van der Waals surface area contributed by atoms with Gasteiger partial charge in [0.1, 0.15) is 10.0 Å². The number of sulfonamides is 1. The lowest BCUT2D eigenvalue weighted by Gasteiger charge is -2.25. The van der Waals surface area contributed by atoms with E-state index in [1.54, 1.807) is 13.8 Å². The van der Waals surface area contributed by atoms with Crippen molar-refractivity contribution in [2.24, 2.45) is 0 Å². The average Bonchev–Trinajstić information content (AvgIpc) is 2.32. The van der Waals surface area contributed by atoms with E-state index in [0.717, 1.165) is 0 Å². The molecule has 108 valence electrons. The number of hydrogen-bond donors (Lipinski definition) is 1. The lowest BCUT2D eigenvalue weighted by Crippen LogP contribution is -2.38. The van der Waals surface area contributed by atoms with Gasteiger partial charge in [0.05, 0.1) is 5.02 Å². The highest BCUT2D eigenvalue weighted by molar-refractivity contribution is 7.89. The first-order chi connectivity index (χ1) is 8.80. The van der Waals surface area contributed by atoms with E-state index in [1.165, 1.54) is 16.6 Å². The van der Waals surface area contributed by atoms with Crippen molar-refractivity contribution in [1.29, 1.82) is 0 Å². The number of pyridine rings is 1. The Morgan fingerprint density at radius 2 is 2.05 bits per heavy atom. The van der Waals surface area contributed by atoms with Crippen LogP contribution in [0.5, 0.6) is 0 Å². The number of aromatic nitrogens is 1. The van der Waals surface area contributed by atoms with Gasteiger partial charge in [0.2, 0.25) is 10.0 Å². The first-order valence-corrected chi connectivity index (χ1v) is 7.94. The van der Waals surface area contributed by atoms with Crippen molar-refractivity contribution >= 4 is 33.2 Å². The molecule has 19 heavy (non-hydrogen) atoms. The van der Waals surface area contributed by atoms with Crippen LogP contribution in [0, 0.1) is 0 Å². The molecule has 1 N–H and O–H groups in total. The summed E-state index contributed by atoms with van der Waals surface area (Å²) in [6.07, 6.45) is 1.55. The summed E-state index contributed by atoms with van der Waals surface area (Å²) in [6.45, 7) is 3.69. The zero-order valence-electron chi connectivity index (χ0n) is 10.7. The number of aliphatic hydroxyl groups excluding tert-OH is 1. The molecule has 0 atom stereocenters. The van der Waals surface area contributed by atoms with Crippen molar-refractivity contribution in [2.75, 3.05) is 13.2 Å². The van der Waals surface area contributed by atoms with Crippen LogP contribution in [0.2, 0.25) is 10.2 Å². The molecule has 0 fully saturated rings. The average molecular weight is 327 g/mol. The fraction of sp³-hybridized carbons (Fsp3) is 0.545. The van der Waals surface area contributed by atoms with Crippen molar-refractivity contribution in [3.8, 4) is 0 Å². The highest BCUT2D eigenvalue weighted by Gasteiger charge is 2.27. The highest BCUT2D eigenvalue weighted by atomic mass is 35.5. The Balaban J connectivity index is 3.15. The molecule has 0 aliphatic carbocycles. The SMILES string of the molecule is CC(C)N(CCCO)S(=O)(=O)c1cnc(Cl)c(Cl)c1. The molecule has 0 bridgehead atoms. The van der Waals surface area contributed by atoms with Crippen molar-refractivity contribution < 1.29 is 13.5 Å². The highest BCUT2D eigenvalue weighted by Crippen LogP contribution is 2.25. The molecule has 0 saturated carbocycles. The van der Waals surface area contributed by atoms with Crippen molar-refractivity contribution in [2.45, 2.75) is 31.2 Å². The van der Waals surface area contributed by atoms with Gasteiger partial charge in [-0.3, -0.25) is 0 Å². The summed E-state index contributed by atoms with van der Waals surface area (Å²) in [5.41, 5.74) is 0. The van der Waals surface area contributed by atoms with Crippen molar-refractivity contribution in [3.05, 3.63) is 22.4 Å². The van der Waals surface area contributed by atoms with Gasteiger partial charge in [0.25, 0.3) is 0 Å². The van der Waals surface area contributed by atoms with E-state index in [0.29, 0.717) is 6.42 Å². The third kappa shape index (κ3) is 4.03. The van der Waals surface area contributed by atoms with Gasteiger partial charge < -0.3 is 5.11 Å². The van der Waals surface area contributed by atoms with Crippen molar-refractivity contribution in [1.82, 2.24) is 9.29 Å². The maximum absolute atomic E-state index is 12.4. The molecule has 0 radical (unpaired) electrons. The summed E-state index contributed by atoms with van der Waals surface area (Å²) in [5, 5.41) is 8.99. The van der Waals surface area contributed by atoms with Gasteiger partial charge in [-0.1, -0.05) is 23.2 Å². The molecule has 0 aromatic carbocycles. The molecule has 0 saturated heterocycles. The quantitative estimate of drug-likeness (QED) is 0.813. The molecule has 8 heteroatoms. The second kappa shape index (κ2) is 6.85. The van der Waals surface area contributed by atoms with E-state index < -0.39 is 10.0 Å². The number of aliphatic hydroxyl groups is 1. The zero-order chi connectivity index (χ0) is 14.6. The Kier molecular flexibility index (Phi) is 6.01. The molecule has 0 aliphatic heterocycles. The standard InChI is InChI=1S/C11H16Cl2N2O3S/c1-8(2)15(4-3-5-16)19(17,18)9-6-10(12)11(13)14-7-9/h6-8,16H,3-5H2,1-2H3. The van der Waals surface area contributed by atoms with Gasteiger partial charge >= 0.3 is 0 Å². The van der Waals surface area contributed by atoms with Gasteiger partial charge in [-0.15, -0.1) is 0 Å². The Hall–Kier alpha value is -0.400. The summed E-state index contributed by atoms with van der Waals surface area (Å²) in [4.78, 5) is 3.74. The monoisotopic (exact) mass is 326 g/mol. The predicted octanol–water partition coefficient (Wildman–Crippen LogP) is 2.17. The molecule has 1 aromatic rings. The Morgan fingerprint density at radius 3 is 2.53 bits per heavy atom. The van der Waals surface area contributed by atoms with E-state index in [1.807, 2.05) is 0 Å². The fourth-order valence-electron chi connectivity index (χ4n) is 1.56. The molecule has 0 unspecified atom stereocenters. The fourth-order valence-corrected chi connectivity index (χ4v) is 3.55. The van der Waals surface area contributed by atoms with Crippen molar-refractivity contribution in [3.63, 3.8) is 0 Å². The molecule has 5 nitrogen and oxygen atoms in total. The lowest BCUT2D eigenvalue weighted by molar-refractivity contribution is 0.258. The molecule has 1 aromatic heterocycles. The maximum Gasteiger partial charge on any atom is 0.244 e. The topological polar surface area (TPSA) is 70.5 Å². The number of nitrogens with zero attached hydrogens (tertiary/aromatic N) is 2. The maximum atomic E-state index is 12.4. The van der Waals surface area contributed by atoms with E-state index in [9.17, 15) is 8.42 Å². The number of halogens is 2. The largest absolute Gasteiger partial charge is 0.396 e. The van der Waals surface area contributed by atoms with Gasteiger partial charge in [-0.2, -0.15) is 4.31 Å². The summed E-state index contributed by atoms with van der Waals surface area (Å²) < 4.78 is 26.2. The van der Waals surface area contributed by atoms with Crippen LogP contribution in [0.4, 0.5) is 0 Å². The normalized spacial score (nSPS) is 12.4. The summed E-state index contributed by atoms with van der Waals surface area (Å²) in [6, 6.07) is 1.05. The second-order valence-electron chi connectivity index (χ2n) is 4.23. The van der Waals surface area contributed by atoms with E-state index in [-0.39, 0.29) is 34.3 Å². The summed E-state index contributed by atoms with van der Waals surface area (Å²) >= 11 is 11.5. The van der Waals surface area contributed by atoms with E-state index >= 15 is 0 Å². The van der Waals surface area contributed by atoms with Crippen LogP contribution < -0.4 is 0 Å². The van der Waals surface area contributed by atoms with Gasteiger partial charge in [-0.05, 0) is 26.3 Å². The molecule has 0 aliphatic rings. The van der Waals surface area contributed by atoms with Crippen LogP contribution >= 0.6 is 23.2 Å². The van der Waals surface area contributed by atoms with Crippen LogP contribution in [0.3, 0.4) is 0 Å². The van der Waals surface area contributed by atoms with Crippen LogP contribution in [0.15, 0.2) is 17.2 Å². The van der Waals surface area contributed by atoms with E-state index in [2.05, 4.69) is 4.98 Å². The third-order valence-electron chi connectivity index (χ3n) is 2.49. The molecule has 0 spiro atoms. The predicted molar refractivity (Wildman–Crippen MR) is 75.0 cm³/mol. The Labute approximate surface area is 123 Å². The van der Waals surface area contributed by atoms with Crippen LogP contribution in [-0.2, 0) is 10.0 Å². The number of hydrogen-bond acceptors (Lipinski definition) is 4.